The predicted octanol–water partition coefficient (Wildman–Crippen LogP) is 3.28. The Morgan fingerprint density at radius 2 is 2.08 bits per heavy atom. The number of urea groups is 1. The van der Waals surface area contributed by atoms with Gasteiger partial charge in [0.15, 0.2) is 0 Å². The van der Waals surface area contributed by atoms with Crippen molar-refractivity contribution in [3.63, 3.8) is 0 Å². The van der Waals surface area contributed by atoms with Gasteiger partial charge < -0.3 is 16.2 Å². The van der Waals surface area contributed by atoms with Gasteiger partial charge in [-0.1, -0.05) is 25.5 Å². The number of unbranched alkanes of at least 4 members (excludes halogenated alkanes) is 1. The van der Waals surface area contributed by atoms with Gasteiger partial charge in [-0.15, -0.1) is 11.3 Å². The highest BCUT2D eigenvalue weighted by molar-refractivity contribution is 7.20. The minimum absolute atomic E-state index is 0.354. The Morgan fingerprint density at radius 1 is 1.28 bits per heavy atom. The van der Waals surface area contributed by atoms with Gasteiger partial charge in [-0.05, 0) is 36.5 Å². The summed E-state index contributed by atoms with van der Waals surface area (Å²) in [6.07, 6.45) is 3.51. The first-order chi connectivity index (χ1) is 12.0. The molecule has 0 radical (unpaired) electrons. The molecule has 6 nitrogen and oxygen atoms in total. The summed E-state index contributed by atoms with van der Waals surface area (Å²) in [7, 11) is 0. The van der Waals surface area contributed by atoms with Gasteiger partial charge in [-0.25, -0.2) is 4.79 Å². The third-order valence-corrected chi connectivity index (χ3v) is 5.39. The Hall–Kier alpha value is -2.54. The molecular formula is C18H21N3O3S. The number of carbonyl (C=O) groups is 2. The van der Waals surface area contributed by atoms with Gasteiger partial charge in [0.2, 0.25) is 0 Å². The number of rotatable bonds is 6. The van der Waals surface area contributed by atoms with Crippen LogP contribution in [0.25, 0.3) is 10.4 Å². The van der Waals surface area contributed by atoms with Crippen LogP contribution in [-0.4, -0.2) is 18.5 Å². The molecule has 1 heterocycles. The van der Waals surface area contributed by atoms with E-state index in [0.717, 1.165) is 41.0 Å². The van der Waals surface area contributed by atoms with Crippen molar-refractivity contribution in [1.82, 2.24) is 0 Å². The molecule has 3 amide bonds. The third-order valence-electron chi connectivity index (χ3n) is 4.23. The highest BCUT2D eigenvalue weighted by Gasteiger charge is 2.29. The summed E-state index contributed by atoms with van der Waals surface area (Å²) in [4.78, 5) is 24.2. The van der Waals surface area contributed by atoms with Gasteiger partial charge in [0.1, 0.15) is 10.8 Å². The molecule has 0 saturated heterocycles. The second-order valence-electron chi connectivity index (χ2n) is 5.96. The molecule has 0 fully saturated rings. The minimum Gasteiger partial charge on any atom is -0.493 e. The predicted molar refractivity (Wildman–Crippen MR) is 99.3 cm³/mol. The normalized spacial score (nSPS) is 12.2. The molecule has 132 valence electrons. The van der Waals surface area contributed by atoms with Crippen molar-refractivity contribution in [3.05, 3.63) is 34.9 Å². The molecule has 1 aliphatic rings. The van der Waals surface area contributed by atoms with Gasteiger partial charge in [-0.3, -0.25) is 10.1 Å². The Morgan fingerprint density at radius 3 is 2.76 bits per heavy atom. The van der Waals surface area contributed by atoms with Crippen LogP contribution in [0.3, 0.4) is 0 Å². The maximum absolute atomic E-state index is 11.9. The van der Waals surface area contributed by atoms with Crippen LogP contribution in [0.4, 0.5) is 9.80 Å². The lowest BCUT2D eigenvalue weighted by molar-refractivity contribution is 0.100. The summed E-state index contributed by atoms with van der Waals surface area (Å²) in [6.45, 7) is 2.75. The Labute approximate surface area is 150 Å². The Kier molecular flexibility index (Phi) is 4.94. The molecular weight excluding hydrogens is 338 g/mol. The van der Waals surface area contributed by atoms with Gasteiger partial charge in [0.25, 0.3) is 5.91 Å². The molecule has 2 aromatic rings. The summed E-state index contributed by atoms with van der Waals surface area (Å²) in [5.74, 6) is 0.240. The molecule has 25 heavy (non-hydrogen) atoms. The van der Waals surface area contributed by atoms with E-state index in [2.05, 4.69) is 18.3 Å². The van der Waals surface area contributed by atoms with Gasteiger partial charge >= 0.3 is 6.03 Å². The van der Waals surface area contributed by atoms with E-state index in [1.807, 2.05) is 12.1 Å². The molecule has 1 aromatic heterocycles. The Bertz CT molecular complexity index is 829. The number of nitrogens with one attached hydrogen (secondary N) is 1. The van der Waals surface area contributed by atoms with E-state index < -0.39 is 11.9 Å². The number of hydrogen-bond donors (Lipinski definition) is 3. The lowest BCUT2D eigenvalue weighted by Crippen LogP contribution is -2.22. The van der Waals surface area contributed by atoms with Crippen LogP contribution < -0.4 is 21.5 Å². The molecule has 0 bridgehead atoms. The first kappa shape index (κ1) is 17.3. The maximum atomic E-state index is 11.9. The zero-order valence-electron chi connectivity index (χ0n) is 14.1. The van der Waals surface area contributed by atoms with Crippen LogP contribution in [0.1, 0.15) is 41.3 Å². The summed E-state index contributed by atoms with van der Waals surface area (Å²) in [6, 6.07) is 5.27. The molecule has 1 aliphatic carbocycles. The molecule has 0 aliphatic heterocycles. The van der Waals surface area contributed by atoms with Crippen molar-refractivity contribution < 1.29 is 14.3 Å². The van der Waals surface area contributed by atoms with Crippen molar-refractivity contribution >= 4 is 28.3 Å². The number of anilines is 1. The van der Waals surface area contributed by atoms with Crippen LogP contribution in [0.2, 0.25) is 0 Å². The Balaban J connectivity index is 2.11. The molecule has 5 N–H and O–H groups in total. The first-order valence-corrected chi connectivity index (χ1v) is 9.11. The molecule has 7 heteroatoms. The largest absolute Gasteiger partial charge is 0.493 e. The number of primary amides is 2. The number of thiophene rings is 1. The fourth-order valence-corrected chi connectivity index (χ4v) is 4.46. The second kappa shape index (κ2) is 7.14. The standard InChI is InChI=1S/C18H21N3O3S/c1-2-3-9-24-12-6-4-5-10-7-8-11-14(16(19)22)17(21-18(20)23)25-15(11)13(10)12/h4-6H,2-3,7-9H2,1H3,(H2,19,22)(H3,20,21,23). The molecule has 1 aromatic carbocycles. The first-order valence-electron chi connectivity index (χ1n) is 8.29. The van der Waals surface area contributed by atoms with Gasteiger partial charge in [0, 0.05) is 10.4 Å². The average Bonchev–Trinajstić information content (AvgIpc) is 2.92. The fourth-order valence-electron chi connectivity index (χ4n) is 3.12. The summed E-state index contributed by atoms with van der Waals surface area (Å²) in [5.41, 5.74) is 14.2. The second-order valence-corrected chi connectivity index (χ2v) is 6.98. The summed E-state index contributed by atoms with van der Waals surface area (Å²) >= 11 is 1.32. The van der Waals surface area contributed by atoms with Gasteiger partial charge in [0.05, 0.1) is 12.2 Å². The number of carbonyl (C=O) groups excluding carboxylic acids is 2. The molecule has 0 atom stereocenters. The molecule has 0 saturated carbocycles. The topological polar surface area (TPSA) is 107 Å². The summed E-state index contributed by atoms with van der Waals surface area (Å²) < 4.78 is 5.97. The van der Waals surface area contributed by atoms with Crippen molar-refractivity contribution in [2.24, 2.45) is 11.5 Å². The van der Waals surface area contributed by atoms with E-state index in [-0.39, 0.29) is 0 Å². The number of amides is 3. The van der Waals surface area contributed by atoms with Crippen LogP contribution in [0, 0.1) is 0 Å². The summed E-state index contributed by atoms with van der Waals surface area (Å²) in [5, 5.41) is 2.93. The smallest absolute Gasteiger partial charge is 0.317 e. The van der Waals surface area contributed by atoms with Gasteiger partial charge in [-0.2, -0.15) is 0 Å². The number of fused-ring (bicyclic) bond motifs is 3. The van der Waals surface area contributed by atoms with E-state index in [1.165, 1.54) is 16.9 Å². The van der Waals surface area contributed by atoms with Crippen LogP contribution in [-0.2, 0) is 12.8 Å². The molecule has 0 unspecified atom stereocenters. The minimum atomic E-state index is -0.714. The third kappa shape index (κ3) is 3.32. The van der Waals surface area contributed by atoms with Crippen LogP contribution in [0.15, 0.2) is 18.2 Å². The van der Waals surface area contributed by atoms with Crippen LogP contribution >= 0.6 is 11.3 Å². The van der Waals surface area contributed by atoms with Crippen molar-refractivity contribution in [2.45, 2.75) is 32.6 Å². The highest BCUT2D eigenvalue weighted by Crippen LogP contribution is 2.48. The van der Waals surface area contributed by atoms with E-state index in [4.69, 9.17) is 16.2 Å². The fraction of sp³-hybridized carbons (Fsp3) is 0.333. The number of benzene rings is 1. The van der Waals surface area contributed by atoms with E-state index >= 15 is 0 Å². The lowest BCUT2D eigenvalue weighted by atomic mass is 9.88. The number of hydrogen-bond acceptors (Lipinski definition) is 4. The SMILES string of the molecule is CCCCOc1cccc2c1-c1sc(NC(N)=O)c(C(N)=O)c1CC2. The van der Waals surface area contributed by atoms with E-state index in [1.54, 1.807) is 0 Å². The monoisotopic (exact) mass is 359 g/mol. The number of aryl methyl sites for hydroxylation is 1. The van der Waals surface area contributed by atoms with Crippen molar-refractivity contribution in [2.75, 3.05) is 11.9 Å². The van der Waals surface area contributed by atoms with E-state index in [9.17, 15) is 9.59 Å². The average molecular weight is 359 g/mol. The maximum Gasteiger partial charge on any atom is 0.317 e. The lowest BCUT2D eigenvalue weighted by Gasteiger charge is -2.20. The van der Waals surface area contributed by atoms with Crippen LogP contribution in [0.5, 0.6) is 5.75 Å². The highest BCUT2D eigenvalue weighted by atomic mass is 32.1. The quantitative estimate of drug-likeness (QED) is 0.689. The number of nitrogens with two attached hydrogens (primary N) is 2. The number of ether oxygens (including phenoxy) is 1. The van der Waals surface area contributed by atoms with Crippen molar-refractivity contribution in [3.8, 4) is 16.2 Å². The zero-order valence-corrected chi connectivity index (χ0v) is 14.9. The molecule has 0 spiro atoms. The zero-order chi connectivity index (χ0) is 18.0. The van der Waals surface area contributed by atoms with Crippen molar-refractivity contribution in [1.29, 1.82) is 0 Å². The molecule has 3 rings (SSSR count). The van der Waals surface area contributed by atoms with E-state index in [0.29, 0.717) is 23.6 Å².